The maximum Gasteiger partial charge on any atom is 0.0387 e. The molecule has 0 radical (unpaired) electrons. The molecule has 1 aromatic carbocycles. The van der Waals surface area contributed by atoms with E-state index < -0.39 is 0 Å². The Labute approximate surface area is 117 Å². The maximum atomic E-state index is 6.45. The van der Waals surface area contributed by atoms with Crippen LogP contribution in [0, 0.1) is 5.41 Å². The fourth-order valence-corrected chi connectivity index (χ4v) is 2.58. The number of aryl methyl sites for hydroxylation is 1. The normalized spacial score (nSPS) is 18.4. The summed E-state index contributed by atoms with van der Waals surface area (Å²) in [5.74, 6) is 0.833. The van der Waals surface area contributed by atoms with Crippen LogP contribution in [0.3, 0.4) is 0 Å². The fourth-order valence-electron chi connectivity index (χ4n) is 2.47. The van der Waals surface area contributed by atoms with Crippen molar-refractivity contribution in [3.8, 4) is 0 Å². The van der Waals surface area contributed by atoms with Crippen LogP contribution in [-0.2, 0) is 6.42 Å². The molecule has 2 rings (SSSR count). The molecule has 1 saturated carbocycles. The Hall–Kier alpha value is -0.490. The Morgan fingerprint density at radius 2 is 2.00 bits per heavy atom. The summed E-state index contributed by atoms with van der Waals surface area (Å²) in [5.41, 5.74) is 3.20. The Balaban J connectivity index is 1.93. The van der Waals surface area contributed by atoms with Crippen molar-refractivity contribution in [2.45, 2.75) is 64.2 Å². The minimum Gasteiger partial charge on any atom is -0.122 e. The first-order chi connectivity index (χ1) is 8.47. The minimum atomic E-state index is 0.202. The summed E-state index contributed by atoms with van der Waals surface area (Å²) in [4.78, 5) is 0. The first-order valence-corrected chi connectivity index (χ1v) is 7.63. The molecule has 1 aromatic rings. The fraction of sp³-hybridized carbons (Fsp3) is 0.647. The van der Waals surface area contributed by atoms with Gasteiger partial charge in [-0.1, -0.05) is 51.5 Å². The van der Waals surface area contributed by atoms with Crippen molar-refractivity contribution in [2.24, 2.45) is 5.41 Å². The van der Waals surface area contributed by atoms with Crippen molar-refractivity contribution in [3.63, 3.8) is 0 Å². The summed E-state index contributed by atoms with van der Waals surface area (Å²) in [6.45, 7) is 6.65. The molecule has 0 amide bonds. The zero-order valence-electron chi connectivity index (χ0n) is 11.9. The van der Waals surface area contributed by atoms with Crippen LogP contribution in [0.5, 0.6) is 0 Å². The second-order valence-electron chi connectivity index (χ2n) is 6.75. The van der Waals surface area contributed by atoms with Crippen molar-refractivity contribution < 1.29 is 0 Å². The highest BCUT2D eigenvalue weighted by Crippen LogP contribution is 2.36. The molecule has 0 N–H and O–H groups in total. The minimum absolute atomic E-state index is 0.202. The highest BCUT2D eigenvalue weighted by Gasteiger charge is 2.22. The Morgan fingerprint density at radius 3 is 2.56 bits per heavy atom. The molecule has 18 heavy (non-hydrogen) atoms. The van der Waals surface area contributed by atoms with Gasteiger partial charge in [0.15, 0.2) is 0 Å². The van der Waals surface area contributed by atoms with Crippen LogP contribution in [-0.4, -0.2) is 5.38 Å². The van der Waals surface area contributed by atoms with Crippen molar-refractivity contribution in [2.75, 3.05) is 0 Å². The van der Waals surface area contributed by atoms with Gasteiger partial charge in [0, 0.05) is 5.38 Å². The van der Waals surface area contributed by atoms with Crippen LogP contribution >= 0.6 is 11.6 Å². The van der Waals surface area contributed by atoms with E-state index in [1.165, 1.54) is 24.8 Å². The summed E-state index contributed by atoms with van der Waals surface area (Å²) >= 11 is 6.45. The lowest BCUT2D eigenvalue weighted by Crippen LogP contribution is -2.21. The first-order valence-electron chi connectivity index (χ1n) is 7.20. The second kappa shape index (κ2) is 5.65. The Morgan fingerprint density at radius 1 is 1.28 bits per heavy atom. The van der Waals surface area contributed by atoms with Crippen LogP contribution < -0.4 is 0 Å². The average Bonchev–Trinajstić information content (AvgIpc) is 2.22. The van der Waals surface area contributed by atoms with Gasteiger partial charge in [-0.15, -0.1) is 11.6 Å². The van der Waals surface area contributed by atoms with Gasteiger partial charge in [-0.25, -0.2) is 0 Å². The zero-order valence-corrected chi connectivity index (χ0v) is 12.6. The van der Waals surface area contributed by atoms with Gasteiger partial charge in [0.2, 0.25) is 0 Å². The average molecular weight is 265 g/mol. The number of alkyl halides is 1. The lowest BCUT2D eigenvalue weighted by atomic mass is 9.79. The lowest BCUT2D eigenvalue weighted by molar-refractivity contribution is 0.374. The number of benzene rings is 1. The third-order valence-corrected chi connectivity index (χ3v) is 5.03. The molecular weight excluding hydrogens is 240 g/mol. The van der Waals surface area contributed by atoms with E-state index in [-0.39, 0.29) is 10.8 Å². The van der Waals surface area contributed by atoms with E-state index >= 15 is 0 Å². The third kappa shape index (κ3) is 3.51. The monoisotopic (exact) mass is 264 g/mol. The highest BCUT2D eigenvalue weighted by atomic mass is 35.5. The molecule has 0 spiro atoms. The van der Waals surface area contributed by atoms with E-state index in [2.05, 4.69) is 45.0 Å². The van der Waals surface area contributed by atoms with Crippen LogP contribution in [0.2, 0.25) is 0 Å². The molecule has 0 saturated heterocycles. The van der Waals surface area contributed by atoms with E-state index in [9.17, 15) is 0 Å². The summed E-state index contributed by atoms with van der Waals surface area (Å²) in [7, 11) is 0. The van der Waals surface area contributed by atoms with Gasteiger partial charge >= 0.3 is 0 Å². The Bertz CT molecular complexity index is 385. The van der Waals surface area contributed by atoms with Gasteiger partial charge in [-0.2, -0.15) is 0 Å². The summed E-state index contributed by atoms with van der Waals surface area (Å²) in [6, 6.07) is 9.14. The second-order valence-corrected chi connectivity index (χ2v) is 7.27. The van der Waals surface area contributed by atoms with Crippen LogP contribution in [0.15, 0.2) is 24.3 Å². The number of hydrogen-bond donors (Lipinski definition) is 0. The van der Waals surface area contributed by atoms with E-state index in [0.717, 1.165) is 18.8 Å². The summed E-state index contributed by atoms with van der Waals surface area (Å²) in [6.07, 6.45) is 6.33. The smallest absolute Gasteiger partial charge is 0.0387 e. The van der Waals surface area contributed by atoms with Crippen molar-refractivity contribution in [1.29, 1.82) is 0 Å². The molecule has 1 unspecified atom stereocenters. The lowest BCUT2D eigenvalue weighted by Gasteiger charge is -2.27. The van der Waals surface area contributed by atoms with E-state index in [1.807, 2.05) is 0 Å². The van der Waals surface area contributed by atoms with Gasteiger partial charge in [0.05, 0.1) is 0 Å². The molecule has 1 heteroatoms. The number of rotatable bonds is 4. The molecule has 100 valence electrons. The zero-order chi connectivity index (χ0) is 13.2. The molecule has 1 atom stereocenters. The van der Waals surface area contributed by atoms with Crippen LogP contribution in [0.25, 0.3) is 0 Å². The van der Waals surface area contributed by atoms with Gasteiger partial charge in [-0.05, 0) is 48.1 Å². The Kier molecular flexibility index (Phi) is 4.37. The van der Waals surface area contributed by atoms with Crippen molar-refractivity contribution >= 4 is 11.6 Å². The van der Waals surface area contributed by atoms with E-state index in [0.29, 0.717) is 0 Å². The van der Waals surface area contributed by atoms with Gasteiger partial charge in [0.1, 0.15) is 0 Å². The highest BCUT2D eigenvalue weighted by molar-refractivity contribution is 6.21. The van der Waals surface area contributed by atoms with Crippen LogP contribution in [0.4, 0.5) is 0 Å². The summed E-state index contributed by atoms with van der Waals surface area (Å²) in [5, 5.41) is 0.254. The maximum absolute atomic E-state index is 6.45. The van der Waals surface area contributed by atoms with E-state index in [4.69, 9.17) is 11.6 Å². The summed E-state index contributed by atoms with van der Waals surface area (Å²) < 4.78 is 0. The SMILES string of the molecule is CC(C)(C)C(Cl)CCc1cccc(C2CCC2)c1. The molecule has 0 heterocycles. The largest absolute Gasteiger partial charge is 0.122 e. The van der Waals surface area contributed by atoms with Gasteiger partial charge < -0.3 is 0 Å². The van der Waals surface area contributed by atoms with Crippen molar-refractivity contribution in [1.82, 2.24) is 0 Å². The van der Waals surface area contributed by atoms with Crippen molar-refractivity contribution in [3.05, 3.63) is 35.4 Å². The third-order valence-electron chi connectivity index (χ3n) is 4.15. The van der Waals surface area contributed by atoms with E-state index in [1.54, 1.807) is 5.56 Å². The molecule has 0 nitrogen and oxygen atoms in total. The molecule has 1 aliphatic rings. The molecule has 1 fully saturated rings. The molecule has 0 bridgehead atoms. The van der Waals surface area contributed by atoms with Crippen LogP contribution in [0.1, 0.15) is 63.5 Å². The topological polar surface area (TPSA) is 0 Å². The quantitative estimate of drug-likeness (QED) is 0.627. The number of halogens is 1. The van der Waals surface area contributed by atoms with Gasteiger partial charge in [-0.3, -0.25) is 0 Å². The predicted octanol–water partition coefficient (Wildman–Crippen LogP) is 5.54. The first kappa shape index (κ1) is 13.9. The molecule has 1 aliphatic carbocycles. The molecule has 0 aromatic heterocycles. The molecule has 0 aliphatic heterocycles. The predicted molar refractivity (Wildman–Crippen MR) is 80.5 cm³/mol. The van der Waals surface area contributed by atoms with Gasteiger partial charge in [0.25, 0.3) is 0 Å². The molecular formula is C17H25Cl. The standard InChI is InChI=1S/C17H25Cl/c1-17(2,3)16(18)11-10-13-6-4-9-15(12-13)14-7-5-8-14/h4,6,9,12,14,16H,5,7-8,10-11H2,1-3H3. The number of hydrogen-bond acceptors (Lipinski definition) is 0.